The van der Waals surface area contributed by atoms with Crippen molar-refractivity contribution < 1.29 is 4.92 Å². The van der Waals surface area contributed by atoms with E-state index in [9.17, 15) is 10.1 Å². The van der Waals surface area contributed by atoms with E-state index < -0.39 is 4.92 Å². The molecule has 0 bridgehead atoms. The number of halogens is 1. The van der Waals surface area contributed by atoms with Crippen molar-refractivity contribution in [2.45, 2.75) is 6.54 Å². The predicted molar refractivity (Wildman–Crippen MR) is 54.7 cm³/mol. The molecule has 0 saturated carbocycles. The van der Waals surface area contributed by atoms with Gasteiger partial charge in [-0.1, -0.05) is 11.6 Å². The number of hydrogen-bond acceptors (Lipinski definition) is 4. The van der Waals surface area contributed by atoms with Gasteiger partial charge in [0.2, 0.25) is 5.82 Å². The molecule has 0 aromatic carbocycles. The maximum absolute atomic E-state index is 10.7. The van der Waals surface area contributed by atoms with Gasteiger partial charge in [0.15, 0.2) is 0 Å². The lowest BCUT2D eigenvalue weighted by Gasteiger charge is -1.95. The van der Waals surface area contributed by atoms with Gasteiger partial charge < -0.3 is 15.8 Å². The Morgan fingerprint density at radius 1 is 1.60 bits per heavy atom. The van der Waals surface area contributed by atoms with E-state index in [0.29, 0.717) is 16.4 Å². The highest BCUT2D eigenvalue weighted by atomic mass is 35.5. The van der Waals surface area contributed by atoms with Crippen molar-refractivity contribution >= 4 is 22.9 Å². The summed E-state index contributed by atoms with van der Waals surface area (Å²) in [5.74, 6) is 0.214. The van der Waals surface area contributed by atoms with Gasteiger partial charge >= 0.3 is 5.82 Å². The molecule has 6 nitrogen and oxygen atoms in total. The molecule has 0 atom stereocenters. The SMILES string of the molecule is NCc1nc([N+](=O)[O-])c2ccc(Cl)cn12. The number of nitro groups is 1. The highest BCUT2D eigenvalue weighted by Gasteiger charge is 2.20. The molecule has 0 aliphatic rings. The minimum Gasteiger partial charge on any atom is -0.358 e. The number of nitrogens with two attached hydrogens (primary N) is 1. The Morgan fingerprint density at radius 2 is 2.33 bits per heavy atom. The highest BCUT2D eigenvalue weighted by Crippen LogP contribution is 2.22. The van der Waals surface area contributed by atoms with Crippen LogP contribution in [0.2, 0.25) is 5.02 Å². The average Bonchev–Trinajstić information content (AvgIpc) is 2.55. The van der Waals surface area contributed by atoms with E-state index in [1.807, 2.05) is 0 Å². The molecule has 0 saturated heterocycles. The fourth-order valence-electron chi connectivity index (χ4n) is 1.38. The van der Waals surface area contributed by atoms with E-state index >= 15 is 0 Å². The first-order valence-corrected chi connectivity index (χ1v) is 4.52. The van der Waals surface area contributed by atoms with Crippen molar-refractivity contribution in [2.75, 3.05) is 0 Å². The number of rotatable bonds is 2. The van der Waals surface area contributed by atoms with E-state index in [1.165, 1.54) is 4.40 Å². The smallest absolute Gasteiger partial charge is 0.358 e. The van der Waals surface area contributed by atoms with Crippen molar-refractivity contribution in [2.24, 2.45) is 5.73 Å². The maximum atomic E-state index is 10.7. The molecule has 0 amide bonds. The minimum atomic E-state index is -0.539. The topological polar surface area (TPSA) is 86.5 Å². The number of nitrogens with zero attached hydrogens (tertiary/aromatic N) is 3. The summed E-state index contributed by atoms with van der Waals surface area (Å²) in [5.41, 5.74) is 5.82. The van der Waals surface area contributed by atoms with Crippen LogP contribution in [0, 0.1) is 10.1 Å². The minimum absolute atomic E-state index is 0.120. The van der Waals surface area contributed by atoms with Gasteiger partial charge in [-0.25, -0.2) is 0 Å². The first kappa shape index (κ1) is 9.88. The second kappa shape index (κ2) is 3.48. The molecule has 7 heteroatoms. The summed E-state index contributed by atoms with van der Waals surface area (Å²) in [7, 11) is 0. The van der Waals surface area contributed by atoms with Crippen LogP contribution >= 0.6 is 11.6 Å². The van der Waals surface area contributed by atoms with Crippen molar-refractivity contribution in [3.63, 3.8) is 0 Å². The quantitative estimate of drug-likeness (QED) is 0.619. The molecule has 0 unspecified atom stereocenters. The molecule has 2 N–H and O–H groups in total. The summed E-state index contributed by atoms with van der Waals surface area (Å²) in [5, 5.41) is 11.2. The Labute approximate surface area is 89.4 Å². The van der Waals surface area contributed by atoms with Crippen LogP contribution in [-0.2, 0) is 6.54 Å². The van der Waals surface area contributed by atoms with Crippen LogP contribution in [0.1, 0.15) is 5.82 Å². The molecule has 0 spiro atoms. The highest BCUT2D eigenvalue weighted by molar-refractivity contribution is 6.30. The fraction of sp³-hybridized carbons (Fsp3) is 0.125. The normalized spacial score (nSPS) is 10.8. The molecule has 78 valence electrons. The third-order valence-electron chi connectivity index (χ3n) is 2.01. The van der Waals surface area contributed by atoms with Crippen molar-refractivity contribution in [3.8, 4) is 0 Å². The van der Waals surface area contributed by atoms with Crippen molar-refractivity contribution in [1.29, 1.82) is 0 Å². The van der Waals surface area contributed by atoms with Gasteiger partial charge in [-0.2, -0.15) is 0 Å². The first-order valence-electron chi connectivity index (χ1n) is 4.14. The molecule has 0 aliphatic heterocycles. The average molecular weight is 227 g/mol. The van der Waals surface area contributed by atoms with Crippen LogP contribution in [0.5, 0.6) is 0 Å². The van der Waals surface area contributed by atoms with Gasteiger partial charge in [0.1, 0.15) is 5.52 Å². The van der Waals surface area contributed by atoms with Gasteiger partial charge in [-0.05, 0) is 22.0 Å². The second-order valence-corrected chi connectivity index (χ2v) is 3.35. The summed E-state index contributed by atoms with van der Waals surface area (Å²) in [6.07, 6.45) is 1.55. The van der Waals surface area contributed by atoms with Gasteiger partial charge in [0, 0.05) is 6.20 Å². The van der Waals surface area contributed by atoms with Gasteiger partial charge in [0.05, 0.1) is 11.6 Å². The molecule has 2 rings (SSSR count). The van der Waals surface area contributed by atoms with E-state index in [0.717, 1.165) is 0 Å². The molecule has 15 heavy (non-hydrogen) atoms. The van der Waals surface area contributed by atoms with Crippen LogP contribution in [0.15, 0.2) is 18.3 Å². The largest absolute Gasteiger partial charge is 0.389 e. The summed E-state index contributed by atoms with van der Waals surface area (Å²) in [6.45, 7) is 0.120. The molecule has 2 aromatic heterocycles. The van der Waals surface area contributed by atoms with E-state index in [1.54, 1.807) is 18.3 Å². The number of aromatic nitrogens is 2. The fourth-order valence-corrected chi connectivity index (χ4v) is 1.54. The number of fused-ring (bicyclic) bond motifs is 1. The third kappa shape index (κ3) is 1.53. The van der Waals surface area contributed by atoms with E-state index in [-0.39, 0.29) is 12.4 Å². The first-order chi connectivity index (χ1) is 7.13. The molecule has 0 fully saturated rings. The van der Waals surface area contributed by atoms with Gasteiger partial charge in [-0.15, -0.1) is 0 Å². The molecule has 0 aliphatic carbocycles. The van der Waals surface area contributed by atoms with E-state index in [2.05, 4.69) is 4.98 Å². The monoisotopic (exact) mass is 226 g/mol. The Morgan fingerprint density at radius 3 is 2.93 bits per heavy atom. The van der Waals surface area contributed by atoms with Crippen molar-refractivity contribution in [1.82, 2.24) is 9.38 Å². The zero-order chi connectivity index (χ0) is 11.0. The Bertz CT molecular complexity index is 537. The van der Waals surface area contributed by atoms with Crippen LogP contribution in [0.3, 0.4) is 0 Å². The van der Waals surface area contributed by atoms with Crippen LogP contribution in [-0.4, -0.2) is 14.3 Å². The molecule has 0 radical (unpaired) electrons. The molecular formula is C8H7ClN4O2. The molecular weight excluding hydrogens is 220 g/mol. The molecule has 2 heterocycles. The van der Waals surface area contributed by atoms with Crippen molar-refractivity contribution in [3.05, 3.63) is 39.3 Å². The molecule has 2 aromatic rings. The number of pyridine rings is 1. The van der Waals surface area contributed by atoms with Crippen LogP contribution in [0.25, 0.3) is 5.52 Å². The van der Waals surface area contributed by atoms with Gasteiger partial charge in [-0.3, -0.25) is 4.40 Å². The predicted octanol–water partition coefficient (Wildman–Crippen LogP) is 1.35. The lowest BCUT2D eigenvalue weighted by atomic mass is 10.4. The van der Waals surface area contributed by atoms with Gasteiger partial charge in [0.25, 0.3) is 0 Å². The summed E-state index contributed by atoms with van der Waals surface area (Å²) in [4.78, 5) is 14.0. The Balaban J connectivity index is 2.81. The second-order valence-electron chi connectivity index (χ2n) is 2.92. The maximum Gasteiger partial charge on any atom is 0.389 e. The number of imidazole rings is 1. The Hall–Kier alpha value is -1.66. The number of hydrogen-bond donors (Lipinski definition) is 1. The zero-order valence-corrected chi connectivity index (χ0v) is 8.31. The summed E-state index contributed by atoms with van der Waals surface area (Å²) >= 11 is 5.78. The standard InChI is InChI=1S/C8H7ClN4O2/c9-5-1-2-6-8(13(14)15)11-7(3-10)12(6)4-5/h1-2,4H,3,10H2. The lowest BCUT2D eigenvalue weighted by molar-refractivity contribution is -0.387. The van der Waals surface area contributed by atoms with Crippen LogP contribution < -0.4 is 5.73 Å². The Kier molecular flexibility index (Phi) is 2.29. The zero-order valence-electron chi connectivity index (χ0n) is 7.55. The van der Waals surface area contributed by atoms with E-state index in [4.69, 9.17) is 17.3 Å². The lowest BCUT2D eigenvalue weighted by Crippen LogP contribution is -2.02. The summed E-state index contributed by atoms with van der Waals surface area (Å²) in [6, 6.07) is 3.12. The van der Waals surface area contributed by atoms with Crippen LogP contribution in [0.4, 0.5) is 5.82 Å². The summed E-state index contributed by atoms with van der Waals surface area (Å²) < 4.78 is 1.53. The third-order valence-corrected chi connectivity index (χ3v) is 2.23.